The van der Waals surface area contributed by atoms with E-state index >= 15 is 0 Å². The van der Waals surface area contributed by atoms with Crippen LogP contribution in [0.1, 0.15) is 48.5 Å². The molecule has 0 saturated carbocycles. The van der Waals surface area contributed by atoms with Crippen LogP contribution in [0.5, 0.6) is 17.2 Å². The summed E-state index contributed by atoms with van der Waals surface area (Å²) in [7, 11) is 3.10. The van der Waals surface area contributed by atoms with Crippen LogP contribution in [0.15, 0.2) is 34.8 Å². The van der Waals surface area contributed by atoms with E-state index in [-0.39, 0.29) is 12.5 Å². The Morgan fingerprint density at radius 1 is 1.03 bits per heavy atom. The molecule has 0 heterocycles. The lowest BCUT2D eigenvalue weighted by atomic mass is 10.1. The number of rotatable bonds is 11. The lowest BCUT2D eigenvalue weighted by Crippen LogP contribution is -2.24. The van der Waals surface area contributed by atoms with Gasteiger partial charge in [-0.05, 0) is 36.2 Å². The van der Waals surface area contributed by atoms with Gasteiger partial charge in [0.1, 0.15) is 5.75 Å². The lowest BCUT2D eigenvalue weighted by molar-refractivity contribution is 0.0946. The minimum Gasteiger partial charge on any atom is -0.493 e. The van der Waals surface area contributed by atoms with Crippen LogP contribution in [0, 0.1) is 0 Å². The first-order valence-electron chi connectivity index (χ1n) is 9.61. The second-order valence-corrected chi connectivity index (χ2v) is 7.85. The fourth-order valence-electron chi connectivity index (χ4n) is 2.82. The SMILES string of the molecule is CCCCCCOc1ccc(Br)cc1C(=O)NCc1cc(OC)c(OC)cc1Cl. The van der Waals surface area contributed by atoms with Gasteiger partial charge in [0.05, 0.1) is 26.4 Å². The van der Waals surface area contributed by atoms with Crippen LogP contribution in [0.3, 0.4) is 0 Å². The molecule has 29 heavy (non-hydrogen) atoms. The van der Waals surface area contributed by atoms with E-state index in [1.165, 1.54) is 12.8 Å². The van der Waals surface area contributed by atoms with Crippen molar-refractivity contribution in [1.82, 2.24) is 5.32 Å². The van der Waals surface area contributed by atoms with Crippen molar-refractivity contribution >= 4 is 33.4 Å². The van der Waals surface area contributed by atoms with Crippen molar-refractivity contribution < 1.29 is 19.0 Å². The summed E-state index contributed by atoms with van der Waals surface area (Å²) in [5, 5.41) is 3.39. The van der Waals surface area contributed by atoms with E-state index in [1.54, 1.807) is 32.4 Å². The molecule has 2 rings (SSSR count). The molecule has 0 spiro atoms. The van der Waals surface area contributed by atoms with Gasteiger partial charge in [-0.15, -0.1) is 0 Å². The molecule has 158 valence electrons. The summed E-state index contributed by atoms with van der Waals surface area (Å²) in [6.07, 6.45) is 4.44. The second kappa shape index (κ2) is 11.9. The highest BCUT2D eigenvalue weighted by atomic mass is 79.9. The van der Waals surface area contributed by atoms with Gasteiger partial charge in [-0.25, -0.2) is 0 Å². The standard InChI is InChI=1S/C22H27BrClNO4/c1-4-5-6-7-10-29-19-9-8-16(23)12-17(19)22(26)25-14-15-11-20(27-2)21(28-3)13-18(15)24/h8-9,11-13H,4-7,10,14H2,1-3H3,(H,25,26). The first-order valence-corrected chi connectivity index (χ1v) is 10.8. The zero-order valence-corrected chi connectivity index (χ0v) is 19.4. The minimum absolute atomic E-state index is 0.235. The quantitative estimate of drug-likeness (QED) is 0.397. The van der Waals surface area contributed by atoms with E-state index in [1.807, 2.05) is 12.1 Å². The number of carbonyl (C=O) groups is 1. The molecule has 1 N–H and O–H groups in total. The molecule has 0 aliphatic rings. The summed E-state index contributed by atoms with van der Waals surface area (Å²) < 4.78 is 17.2. The molecule has 0 atom stereocenters. The van der Waals surface area contributed by atoms with E-state index in [2.05, 4.69) is 28.2 Å². The average Bonchev–Trinajstić information content (AvgIpc) is 2.73. The largest absolute Gasteiger partial charge is 0.493 e. The first-order chi connectivity index (χ1) is 14.0. The van der Waals surface area contributed by atoms with Crippen LogP contribution in [0.2, 0.25) is 5.02 Å². The first kappa shape index (κ1) is 23.4. The van der Waals surface area contributed by atoms with E-state index in [4.69, 9.17) is 25.8 Å². The van der Waals surface area contributed by atoms with Crippen LogP contribution >= 0.6 is 27.5 Å². The van der Waals surface area contributed by atoms with Gasteiger partial charge in [0.2, 0.25) is 0 Å². The number of benzene rings is 2. The Bertz CT molecular complexity index is 829. The molecule has 2 aromatic carbocycles. The summed E-state index contributed by atoms with van der Waals surface area (Å²) in [4.78, 5) is 12.8. The van der Waals surface area contributed by atoms with Gasteiger partial charge in [0.25, 0.3) is 5.91 Å². The van der Waals surface area contributed by atoms with Crippen molar-refractivity contribution in [2.45, 2.75) is 39.2 Å². The highest BCUT2D eigenvalue weighted by Crippen LogP contribution is 2.33. The van der Waals surface area contributed by atoms with Crippen molar-refractivity contribution in [2.75, 3.05) is 20.8 Å². The third kappa shape index (κ3) is 6.82. The fraction of sp³-hybridized carbons (Fsp3) is 0.409. The number of ether oxygens (including phenoxy) is 3. The molecule has 7 heteroatoms. The maximum Gasteiger partial charge on any atom is 0.255 e. The maximum atomic E-state index is 12.8. The topological polar surface area (TPSA) is 56.8 Å². The van der Waals surface area contributed by atoms with Crippen molar-refractivity contribution in [3.8, 4) is 17.2 Å². The predicted octanol–water partition coefficient (Wildman–Crippen LogP) is 6.01. The van der Waals surface area contributed by atoms with Crippen molar-refractivity contribution in [3.05, 3.63) is 51.0 Å². The Morgan fingerprint density at radius 3 is 2.45 bits per heavy atom. The number of carbonyl (C=O) groups excluding carboxylic acids is 1. The summed E-state index contributed by atoms with van der Waals surface area (Å²) in [5.41, 5.74) is 1.21. The number of methoxy groups -OCH3 is 2. The third-order valence-corrected chi connectivity index (χ3v) is 5.28. The summed E-state index contributed by atoms with van der Waals surface area (Å²) in [6, 6.07) is 8.86. The molecule has 1 amide bonds. The van der Waals surface area contributed by atoms with Gasteiger partial charge in [-0.3, -0.25) is 4.79 Å². The molecule has 0 fully saturated rings. The van der Waals surface area contributed by atoms with E-state index in [0.717, 1.165) is 22.9 Å². The van der Waals surface area contributed by atoms with Gasteiger partial charge in [0, 0.05) is 22.1 Å². The summed E-state index contributed by atoms with van der Waals surface area (Å²) in [5.74, 6) is 1.43. The van der Waals surface area contributed by atoms with Gasteiger partial charge in [0.15, 0.2) is 11.5 Å². The van der Waals surface area contributed by atoms with Gasteiger partial charge < -0.3 is 19.5 Å². The van der Waals surface area contributed by atoms with Gasteiger partial charge in [-0.1, -0.05) is 53.7 Å². The fourth-order valence-corrected chi connectivity index (χ4v) is 3.40. The molecular weight excluding hydrogens is 458 g/mol. The lowest BCUT2D eigenvalue weighted by Gasteiger charge is -2.14. The maximum absolute atomic E-state index is 12.8. The van der Waals surface area contributed by atoms with Gasteiger partial charge in [-0.2, -0.15) is 0 Å². The van der Waals surface area contributed by atoms with Crippen LogP contribution < -0.4 is 19.5 Å². The molecule has 0 aliphatic carbocycles. The predicted molar refractivity (Wildman–Crippen MR) is 120 cm³/mol. The van der Waals surface area contributed by atoms with E-state index in [9.17, 15) is 4.79 Å². The second-order valence-electron chi connectivity index (χ2n) is 6.53. The smallest absolute Gasteiger partial charge is 0.255 e. The van der Waals surface area contributed by atoms with E-state index < -0.39 is 0 Å². The molecule has 0 aromatic heterocycles. The minimum atomic E-state index is -0.235. The zero-order valence-electron chi connectivity index (χ0n) is 17.0. The van der Waals surface area contributed by atoms with Gasteiger partial charge >= 0.3 is 0 Å². The number of hydrogen-bond donors (Lipinski definition) is 1. The molecule has 2 aromatic rings. The number of halogens is 2. The monoisotopic (exact) mass is 483 g/mol. The molecule has 0 aliphatic heterocycles. The van der Waals surface area contributed by atoms with Crippen LogP contribution in [-0.2, 0) is 6.54 Å². The van der Waals surface area contributed by atoms with Crippen molar-refractivity contribution in [1.29, 1.82) is 0 Å². The molecule has 0 radical (unpaired) electrons. The summed E-state index contributed by atoms with van der Waals surface area (Å²) >= 11 is 9.74. The molecule has 5 nitrogen and oxygen atoms in total. The number of nitrogens with one attached hydrogen (secondary N) is 1. The van der Waals surface area contributed by atoms with Crippen molar-refractivity contribution in [2.24, 2.45) is 0 Å². The Hall–Kier alpha value is -1.92. The normalized spacial score (nSPS) is 10.5. The number of amides is 1. The summed E-state index contributed by atoms with van der Waals surface area (Å²) in [6.45, 7) is 3.01. The zero-order chi connectivity index (χ0) is 21.2. The molecule has 0 saturated heterocycles. The highest BCUT2D eigenvalue weighted by molar-refractivity contribution is 9.10. The average molecular weight is 485 g/mol. The van der Waals surface area contributed by atoms with Crippen molar-refractivity contribution in [3.63, 3.8) is 0 Å². The third-order valence-electron chi connectivity index (χ3n) is 4.43. The number of unbranched alkanes of at least 4 members (excludes halogenated alkanes) is 3. The van der Waals surface area contributed by atoms with Crippen LogP contribution in [0.25, 0.3) is 0 Å². The Labute approximate surface area is 185 Å². The van der Waals surface area contributed by atoms with Crippen LogP contribution in [-0.4, -0.2) is 26.7 Å². The Morgan fingerprint density at radius 2 is 1.76 bits per heavy atom. The Balaban J connectivity index is 2.08. The van der Waals surface area contributed by atoms with E-state index in [0.29, 0.717) is 34.4 Å². The highest BCUT2D eigenvalue weighted by Gasteiger charge is 2.15. The molecule has 0 unspecified atom stereocenters. The molecule has 0 bridgehead atoms. The molecular formula is C22H27BrClNO4. The Kier molecular flexibility index (Phi) is 9.61. The van der Waals surface area contributed by atoms with Crippen LogP contribution in [0.4, 0.5) is 0 Å². The number of hydrogen-bond acceptors (Lipinski definition) is 4.